The van der Waals surface area contributed by atoms with Crippen molar-refractivity contribution in [3.05, 3.63) is 47.3 Å². The van der Waals surface area contributed by atoms with Gasteiger partial charge in [0.15, 0.2) is 0 Å². The maximum absolute atomic E-state index is 12.7. The van der Waals surface area contributed by atoms with Crippen molar-refractivity contribution in [3.8, 4) is 0 Å². The fraction of sp³-hybridized carbons (Fsp3) is 0.357. The minimum atomic E-state index is -3.55. The Kier molecular flexibility index (Phi) is 4.46. The summed E-state index contributed by atoms with van der Waals surface area (Å²) in [7, 11) is -0.186. The van der Waals surface area contributed by atoms with Crippen LogP contribution in [0.2, 0.25) is 0 Å². The zero-order chi connectivity index (χ0) is 15.6. The highest BCUT2D eigenvalue weighted by Crippen LogP contribution is 2.21. The van der Waals surface area contributed by atoms with Gasteiger partial charge in [0.05, 0.1) is 11.1 Å². The van der Waals surface area contributed by atoms with Gasteiger partial charge in [-0.1, -0.05) is 12.1 Å². The molecule has 0 fully saturated rings. The maximum Gasteiger partial charge on any atom is 0.243 e. The van der Waals surface area contributed by atoms with Crippen LogP contribution in [0.3, 0.4) is 0 Å². The minimum Gasteiger partial charge on any atom is -0.326 e. The number of hydrogen-bond acceptors (Lipinski definition) is 4. The summed E-state index contributed by atoms with van der Waals surface area (Å²) in [4.78, 5) is 0.303. The second-order valence-corrected chi connectivity index (χ2v) is 7.10. The Hall–Kier alpha value is -1.70. The summed E-state index contributed by atoms with van der Waals surface area (Å²) in [6, 6.07) is 5.27. The molecule has 0 saturated carbocycles. The second-order valence-electron chi connectivity index (χ2n) is 5.09. The topological polar surface area (TPSA) is 81.2 Å². The van der Waals surface area contributed by atoms with Gasteiger partial charge >= 0.3 is 0 Å². The highest BCUT2D eigenvalue weighted by atomic mass is 32.2. The molecule has 1 heterocycles. The molecule has 0 aliphatic carbocycles. The Bertz CT molecular complexity index is 737. The number of aromatic nitrogens is 2. The van der Waals surface area contributed by atoms with Crippen LogP contribution < -0.4 is 5.73 Å². The molecule has 1 aromatic carbocycles. The van der Waals surface area contributed by atoms with Gasteiger partial charge in [0.2, 0.25) is 10.0 Å². The van der Waals surface area contributed by atoms with E-state index in [1.54, 1.807) is 50.2 Å². The van der Waals surface area contributed by atoms with E-state index in [2.05, 4.69) is 5.10 Å². The van der Waals surface area contributed by atoms with Crippen LogP contribution in [-0.4, -0.2) is 29.6 Å². The van der Waals surface area contributed by atoms with E-state index in [0.29, 0.717) is 17.0 Å². The first-order valence-corrected chi connectivity index (χ1v) is 8.02. The largest absolute Gasteiger partial charge is 0.326 e. The first-order chi connectivity index (χ1) is 9.84. The molecule has 0 unspecified atom stereocenters. The Balaban J connectivity index is 2.32. The molecule has 0 radical (unpaired) electrons. The first-order valence-electron chi connectivity index (χ1n) is 6.58. The van der Waals surface area contributed by atoms with Crippen LogP contribution in [0.1, 0.15) is 16.7 Å². The Morgan fingerprint density at radius 3 is 2.62 bits per heavy atom. The zero-order valence-electron chi connectivity index (χ0n) is 12.4. The predicted octanol–water partition coefficient (Wildman–Crippen LogP) is 1.01. The standard InChI is InChI=1S/C14H20N4O2S/c1-11-4-5-12(7-15)6-14(11)21(19,20)18(3)10-13-8-16-17(2)9-13/h4-6,8-9H,7,10,15H2,1-3H3. The van der Waals surface area contributed by atoms with Gasteiger partial charge in [0.1, 0.15) is 0 Å². The fourth-order valence-corrected chi connectivity index (χ4v) is 3.54. The SMILES string of the molecule is Cc1ccc(CN)cc1S(=O)(=O)N(C)Cc1cnn(C)c1. The van der Waals surface area contributed by atoms with Crippen LogP contribution in [0, 0.1) is 6.92 Å². The molecule has 0 aliphatic rings. The van der Waals surface area contributed by atoms with Crippen LogP contribution in [0.25, 0.3) is 0 Å². The Morgan fingerprint density at radius 2 is 2.05 bits per heavy atom. The summed E-state index contributed by atoms with van der Waals surface area (Å²) in [6.07, 6.45) is 3.46. The molecule has 7 heteroatoms. The molecule has 1 aromatic heterocycles. The molecule has 2 aromatic rings. The third-order valence-electron chi connectivity index (χ3n) is 3.34. The second kappa shape index (κ2) is 5.97. The third kappa shape index (κ3) is 3.31. The summed E-state index contributed by atoms with van der Waals surface area (Å²) in [5, 5.41) is 4.05. The lowest BCUT2D eigenvalue weighted by Crippen LogP contribution is -2.27. The molecule has 21 heavy (non-hydrogen) atoms. The van der Waals surface area contributed by atoms with Crippen LogP contribution >= 0.6 is 0 Å². The molecule has 0 bridgehead atoms. The molecule has 0 atom stereocenters. The summed E-state index contributed by atoms with van der Waals surface area (Å²) in [5.74, 6) is 0. The first kappa shape index (κ1) is 15.7. The average Bonchev–Trinajstić information content (AvgIpc) is 2.84. The lowest BCUT2D eigenvalue weighted by atomic mass is 10.1. The summed E-state index contributed by atoms with van der Waals surface area (Å²) < 4.78 is 28.4. The molecule has 0 amide bonds. The Labute approximate surface area is 125 Å². The smallest absolute Gasteiger partial charge is 0.243 e. The number of nitrogens with zero attached hydrogens (tertiary/aromatic N) is 3. The van der Waals surface area contributed by atoms with Gasteiger partial charge in [-0.05, 0) is 24.1 Å². The lowest BCUT2D eigenvalue weighted by molar-refractivity contribution is 0.466. The van der Waals surface area contributed by atoms with Crippen LogP contribution in [0.5, 0.6) is 0 Å². The fourth-order valence-electron chi connectivity index (χ4n) is 2.11. The van der Waals surface area contributed by atoms with Crippen molar-refractivity contribution in [3.63, 3.8) is 0 Å². The van der Waals surface area contributed by atoms with E-state index in [1.165, 1.54) is 4.31 Å². The van der Waals surface area contributed by atoms with Crippen molar-refractivity contribution in [2.45, 2.75) is 24.9 Å². The van der Waals surface area contributed by atoms with Crippen molar-refractivity contribution in [1.29, 1.82) is 0 Å². The van der Waals surface area contributed by atoms with E-state index >= 15 is 0 Å². The molecule has 114 valence electrons. The van der Waals surface area contributed by atoms with Gasteiger partial charge in [-0.25, -0.2) is 8.42 Å². The quantitative estimate of drug-likeness (QED) is 0.894. The monoisotopic (exact) mass is 308 g/mol. The van der Waals surface area contributed by atoms with Gasteiger partial charge in [-0.15, -0.1) is 0 Å². The van der Waals surface area contributed by atoms with Crippen molar-refractivity contribution in [2.24, 2.45) is 12.8 Å². The summed E-state index contributed by atoms with van der Waals surface area (Å²) in [5.41, 5.74) is 7.95. The van der Waals surface area contributed by atoms with E-state index < -0.39 is 10.0 Å². The predicted molar refractivity (Wildman–Crippen MR) is 80.9 cm³/mol. The minimum absolute atomic E-state index is 0.280. The molecule has 0 aliphatic heterocycles. The number of benzene rings is 1. The van der Waals surface area contributed by atoms with E-state index in [9.17, 15) is 8.42 Å². The molecule has 2 rings (SSSR count). The average molecular weight is 308 g/mol. The number of hydrogen-bond donors (Lipinski definition) is 1. The Morgan fingerprint density at radius 1 is 1.33 bits per heavy atom. The van der Waals surface area contributed by atoms with Crippen LogP contribution in [0.15, 0.2) is 35.5 Å². The zero-order valence-corrected chi connectivity index (χ0v) is 13.3. The molecular formula is C14H20N4O2S. The highest BCUT2D eigenvalue weighted by molar-refractivity contribution is 7.89. The number of rotatable bonds is 5. The van der Waals surface area contributed by atoms with Crippen molar-refractivity contribution < 1.29 is 8.42 Å². The van der Waals surface area contributed by atoms with E-state index in [0.717, 1.165) is 11.1 Å². The van der Waals surface area contributed by atoms with E-state index in [1.807, 2.05) is 6.07 Å². The van der Waals surface area contributed by atoms with Crippen molar-refractivity contribution >= 4 is 10.0 Å². The van der Waals surface area contributed by atoms with Gasteiger partial charge in [-0.2, -0.15) is 9.40 Å². The number of sulfonamides is 1. The molecule has 0 spiro atoms. The molecular weight excluding hydrogens is 288 g/mol. The normalized spacial score (nSPS) is 12.0. The molecule has 6 nitrogen and oxygen atoms in total. The molecule has 0 saturated heterocycles. The van der Waals surface area contributed by atoms with Gasteiger partial charge in [0, 0.05) is 38.9 Å². The highest BCUT2D eigenvalue weighted by Gasteiger charge is 2.23. The van der Waals surface area contributed by atoms with E-state index in [-0.39, 0.29) is 6.54 Å². The lowest BCUT2D eigenvalue weighted by Gasteiger charge is -2.18. The van der Waals surface area contributed by atoms with Gasteiger partial charge in [-0.3, -0.25) is 4.68 Å². The van der Waals surface area contributed by atoms with Gasteiger partial charge < -0.3 is 5.73 Å². The van der Waals surface area contributed by atoms with Crippen LogP contribution in [0.4, 0.5) is 0 Å². The van der Waals surface area contributed by atoms with Crippen molar-refractivity contribution in [2.75, 3.05) is 7.05 Å². The van der Waals surface area contributed by atoms with Crippen molar-refractivity contribution in [1.82, 2.24) is 14.1 Å². The molecule has 2 N–H and O–H groups in total. The van der Waals surface area contributed by atoms with Crippen LogP contribution in [-0.2, 0) is 30.2 Å². The summed E-state index contributed by atoms with van der Waals surface area (Å²) in [6.45, 7) is 2.38. The number of aryl methyl sites for hydroxylation is 2. The maximum atomic E-state index is 12.7. The van der Waals surface area contributed by atoms with Gasteiger partial charge in [0.25, 0.3) is 0 Å². The number of nitrogens with two attached hydrogens (primary N) is 1. The third-order valence-corrected chi connectivity index (χ3v) is 5.29. The van der Waals surface area contributed by atoms with E-state index in [4.69, 9.17) is 5.73 Å². The summed E-state index contributed by atoms with van der Waals surface area (Å²) >= 11 is 0.